The van der Waals surface area contributed by atoms with Gasteiger partial charge in [-0.05, 0) is 49.3 Å². The van der Waals surface area contributed by atoms with Crippen LogP contribution in [0.2, 0.25) is 0 Å². The summed E-state index contributed by atoms with van der Waals surface area (Å²) in [7, 11) is -2.58. The average Bonchev–Trinajstić information content (AvgIpc) is 2.87. The molecule has 1 aliphatic rings. The van der Waals surface area contributed by atoms with Crippen molar-refractivity contribution in [2.75, 3.05) is 11.6 Å². The SMILES string of the molecule is CC#CC(C)(C)NC(=O)OS1(c2cccc(C(F)(F)F)c2)CNC(=O)C1. The Morgan fingerprint density at radius 2 is 2.04 bits per heavy atom. The Bertz CT molecular complexity index is 783. The van der Waals surface area contributed by atoms with Crippen molar-refractivity contribution >= 4 is 22.3 Å². The van der Waals surface area contributed by atoms with Crippen molar-refractivity contribution in [3.05, 3.63) is 29.8 Å². The summed E-state index contributed by atoms with van der Waals surface area (Å²) >= 11 is 0. The van der Waals surface area contributed by atoms with Gasteiger partial charge in [0.15, 0.2) is 0 Å². The van der Waals surface area contributed by atoms with E-state index in [-0.39, 0.29) is 22.4 Å². The topological polar surface area (TPSA) is 67.4 Å². The van der Waals surface area contributed by atoms with Crippen molar-refractivity contribution in [1.82, 2.24) is 10.6 Å². The van der Waals surface area contributed by atoms with Crippen molar-refractivity contribution in [2.24, 2.45) is 0 Å². The van der Waals surface area contributed by atoms with Gasteiger partial charge in [-0.3, -0.25) is 4.79 Å². The standard InChI is InChI=1S/C17H19F3N2O3S/c1-4-8-16(2,3)22-15(24)25-26(10-14(23)21-11-26)13-7-5-6-12(9-13)17(18,19)20/h5-7,9H,10-11H2,1-3H3,(H,21,23)(H,22,24). The zero-order valence-corrected chi connectivity index (χ0v) is 15.3. The fourth-order valence-corrected chi connectivity index (χ4v) is 5.02. The summed E-state index contributed by atoms with van der Waals surface area (Å²) < 4.78 is 44.6. The minimum absolute atomic E-state index is 0.0273. The zero-order valence-electron chi connectivity index (χ0n) is 14.5. The highest BCUT2D eigenvalue weighted by molar-refractivity contribution is 8.31. The lowest BCUT2D eigenvalue weighted by atomic mass is 10.1. The Morgan fingerprint density at radius 1 is 1.35 bits per heavy atom. The van der Waals surface area contributed by atoms with Crippen molar-refractivity contribution < 1.29 is 26.9 Å². The Hall–Kier alpha value is -2.34. The summed E-state index contributed by atoms with van der Waals surface area (Å²) in [5, 5.41) is 5.11. The second kappa shape index (κ2) is 7.11. The number of nitrogens with one attached hydrogen (secondary N) is 2. The van der Waals surface area contributed by atoms with E-state index in [1.54, 1.807) is 20.8 Å². The van der Waals surface area contributed by atoms with Gasteiger partial charge in [0.25, 0.3) is 0 Å². The molecule has 26 heavy (non-hydrogen) atoms. The fraction of sp³-hybridized carbons (Fsp3) is 0.412. The van der Waals surface area contributed by atoms with Crippen molar-refractivity contribution in [1.29, 1.82) is 0 Å². The molecule has 1 aliphatic heterocycles. The first-order chi connectivity index (χ1) is 12.0. The van der Waals surface area contributed by atoms with E-state index in [9.17, 15) is 22.8 Å². The van der Waals surface area contributed by atoms with Crippen LogP contribution in [0.3, 0.4) is 0 Å². The highest BCUT2D eigenvalue weighted by atomic mass is 32.3. The lowest BCUT2D eigenvalue weighted by Gasteiger charge is -2.34. The molecule has 2 N–H and O–H groups in total. The first kappa shape index (κ1) is 20.0. The summed E-state index contributed by atoms with van der Waals surface area (Å²) in [4.78, 5) is 24.2. The van der Waals surface area contributed by atoms with Crippen LogP contribution in [-0.2, 0) is 15.2 Å². The molecule has 0 radical (unpaired) electrons. The monoisotopic (exact) mass is 388 g/mol. The Balaban J connectivity index is 2.34. The van der Waals surface area contributed by atoms with E-state index >= 15 is 0 Å². The van der Waals surface area contributed by atoms with E-state index < -0.39 is 33.7 Å². The number of carbonyl (C=O) groups excluding carboxylic acids is 2. The molecule has 5 nitrogen and oxygen atoms in total. The molecule has 2 rings (SSSR count). The highest BCUT2D eigenvalue weighted by Crippen LogP contribution is 2.58. The van der Waals surface area contributed by atoms with E-state index in [0.29, 0.717) is 0 Å². The maximum atomic E-state index is 13.0. The van der Waals surface area contributed by atoms with E-state index in [1.807, 2.05) is 0 Å². The van der Waals surface area contributed by atoms with E-state index in [0.717, 1.165) is 12.1 Å². The Kier molecular flexibility index (Phi) is 5.47. The number of hydrogen-bond donors (Lipinski definition) is 2. The van der Waals surface area contributed by atoms with Crippen LogP contribution in [0, 0.1) is 11.8 Å². The van der Waals surface area contributed by atoms with Crippen LogP contribution in [-0.4, -0.2) is 29.2 Å². The van der Waals surface area contributed by atoms with Crippen molar-refractivity contribution in [2.45, 2.75) is 37.4 Å². The number of alkyl halides is 3. The highest BCUT2D eigenvalue weighted by Gasteiger charge is 2.41. The molecule has 142 valence electrons. The van der Waals surface area contributed by atoms with Gasteiger partial charge in [-0.25, -0.2) is 4.79 Å². The maximum Gasteiger partial charge on any atom is 0.419 e. The number of carbonyl (C=O) groups is 2. The number of halogens is 3. The summed E-state index contributed by atoms with van der Waals surface area (Å²) in [6, 6.07) is 4.54. The molecule has 0 aliphatic carbocycles. The molecular weight excluding hydrogens is 369 g/mol. The summed E-state index contributed by atoms with van der Waals surface area (Å²) in [5.41, 5.74) is -1.74. The summed E-state index contributed by atoms with van der Waals surface area (Å²) in [6.07, 6.45) is -5.37. The van der Waals surface area contributed by atoms with Gasteiger partial charge >= 0.3 is 12.3 Å². The van der Waals surface area contributed by atoms with Crippen LogP contribution >= 0.6 is 10.3 Å². The van der Waals surface area contributed by atoms with Gasteiger partial charge in [-0.1, -0.05) is 12.0 Å². The van der Waals surface area contributed by atoms with Gasteiger partial charge in [-0.15, -0.1) is 5.92 Å². The lowest BCUT2D eigenvalue weighted by Crippen LogP contribution is -2.43. The predicted octanol–water partition coefficient (Wildman–Crippen LogP) is 3.40. The predicted molar refractivity (Wildman–Crippen MR) is 92.3 cm³/mol. The average molecular weight is 388 g/mol. The van der Waals surface area contributed by atoms with Crippen LogP contribution in [0.25, 0.3) is 0 Å². The molecule has 2 amide bonds. The molecular formula is C17H19F3N2O3S. The molecule has 1 aromatic carbocycles. The molecule has 1 saturated heterocycles. The van der Waals surface area contributed by atoms with Crippen LogP contribution < -0.4 is 10.6 Å². The van der Waals surface area contributed by atoms with Crippen LogP contribution in [0.15, 0.2) is 29.2 Å². The molecule has 0 aromatic heterocycles. The molecule has 0 saturated carbocycles. The quantitative estimate of drug-likeness (QED) is 0.780. The fourth-order valence-electron chi connectivity index (χ4n) is 2.45. The van der Waals surface area contributed by atoms with Gasteiger partial charge < -0.3 is 14.8 Å². The van der Waals surface area contributed by atoms with E-state index in [2.05, 4.69) is 22.5 Å². The summed E-state index contributed by atoms with van der Waals surface area (Å²) in [5.74, 6) is 4.87. The molecule has 1 fully saturated rings. The lowest BCUT2D eigenvalue weighted by molar-refractivity contribution is -0.137. The Labute approximate surface area is 151 Å². The Morgan fingerprint density at radius 3 is 2.58 bits per heavy atom. The minimum atomic E-state index is -4.53. The van der Waals surface area contributed by atoms with Gasteiger partial charge in [0, 0.05) is 4.90 Å². The second-order valence-electron chi connectivity index (χ2n) is 6.22. The molecule has 1 heterocycles. The maximum absolute atomic E-state index is 13.0. The van der Waals surface area contributed by atoms with E-state index in [1.165, 1.54) is 12.1 Å². The second-order valence-corrected chi connectivity index (χ2v) is 9.06. The molecule has 0 bridgehead atoms. The normalized spacial score (nSPS) is 22.5. The molecule has 1 unspecified atom stereocenters. The number of amides is 2. The molecule has 1 aromatic rings. The molecule has 1 atom stereocenters. The van der Waals surface area contributed by atoms with Gasteiger partial charge in [0.05, 0.1) is 22.7 Å². The van der Waals surface area contributed by atoms with Crippen LogP contribution in [0.4, 0.5) is 18.0 Å². The number of benzene rings is 1. The molecule has 0 spiro atoms. The van der Waals surface area contributed by atoms with Crippen molar-refractivity contribution in [3.63, 3.8) is 0 Å². The van der Waals surface area contributed by atoms with Crippen LogP contribution in [0.1, 0.15) is 26.3 Å². The third-order valence-electron chi connectivity index (χ3n) is 3.54. The summed E-state index contributed by atoms with van der Waals surface area (Å²) in [6.45, 7) is 4.94. The number of hydrogen-bond acceptors (Lipinski definition) is 3. The number of rotatable bonds is 3. The smallest absolute Gasteiger partial charge is 0.392 e. The zero-order chi connectivity index (χ0) is 19.6. The van der Waals surface area contributed by atoms with Crippen molar-refractivity contribution in [3.8, 4) is 11.8 Å². The van der Waals surface area contributed by atoms with Gasteiger partial charge in [0.1, 0.15) is 0 Å². The first-order valence-electron chi connectivity index (χ1n) is 7.66. The third-order valence-corrected chi connectivity index (χ3v) is 6.47. The third kappa shape index (κ3) is 4.64. The van der Waals surface area contributed by atoms with Gasteiger partial charge in [0.2, 0.25) is 5.91 Å². The largest absolute Gasteiger partial charge is 0.419 e. The van der Waals surface area contributed by atoms with Crippen LogP contribution in [0.5, 0.6) is 0 Å². The van der Waals surface area contributed by atoms with E-state index in [4.69, 9.17) is 4.18 Å². The molecule has 9 heteroatoms. The first-order valence-corrected chi connectivity index (χ1v) is 9.55. The minimum Gasteiger partial charge on any atom is -0.392 e. The van der Waals surface area contributed by atoms with Gasteiger partial charge in [-0.2, -0.15) is 13.2 Å².